The highest BCUT2D eigenvalue weighted by Gasteiger charge is 2.06. The van der Waals surface area contributed by atoms with Gasteiger partial charge in [-0.1, -0.05) is 0 Å². The molecule has 0 spiro atoms. The number of carboxylic acid groups (broad SMARTS) is 1. The molecule has 0 aliphatic carbocycles. The van der Waals surface area contributed by atoms with Crippen LogP contribution in [0.4, 0.5) is 0 Å². The lowest BCUT2D eigenvalue weighted by Gasteiger charge is -1.92. The van der Waals surface area contributed by atoms with Crippen molar-refractivity contribution < 1.29 is 9.90 Å². The van der Waals surface area contributed by atoms with Crippen LogP contribution in [0, 0.1) is 11.3 Å². The van der Waals surface area contributed by atoms with Crippen LogP contribution in [0.1, 0.15) is 16.2 Å². The maximum Gasteiger partial charge on any atom is 0.335 e. The van der Waals surface area contributed by atoms with Crippen molar-refractivity contribution in [2.24, 2.45) is 0 Å². The van der Waals surface area contributed by atoms with Gasteiger partial charge in [-0.3, -0.25) is 0 Å². The number of benzene rings is 1. The number of nitrogens with zero attached hydrogens (tertiary/aromatic N) is 2. The lowest BCUT2D eigenvalue weighted by Crippen LogP contribution is -1.94. The van der Waals surface area contributed by atoms with E-state index >= 15 is 0 Å². The molecular weight excluding hydrogens is 194 g/mol. The quantitative estimate of drug-likeness (QED) is 0.766. The Morgan fingerprint density at radius 1 is 1.60 bits per heavy atom. The summed E-state index contributed by atoms with van der Waals surface area (Å²) in [5.74, 6) is -0.434. The summed E-state index contributed by atoms with van der Waals surface area (Å²) in [6, 6.07) is 6.60. The third kappa shape index (κ3) is 1.65. The number of carboxylic acids is 1. The Labute approximate surface area is 85.0 Å². The molecule has 1 aromatic heterocycles. The Morgan fingerprint density at radius 3 is 3.07 bits per heavy atom. The van der Waals surface area contributed by atoms with Gasteiger partial charge in [0.1, 0.15) is 5.82 Å². The van der Waals surface area contributed by atoms with Crippen LogP contribution in [0.5, 0.6) is 0 Å². The van der Waals surface area contributed by atoms with Gasteiger partial charge in [0.2, 0.25) is 0 Å². The molecule has 1 aromatic carbocycles. The SMILES string of the molecule is N#CCc1nc2cc(C(=O)O)ccc2[nH]1. The molecule has 0 unspecified atom stereocenters. The molecule has 74 valence electrons. The number of H-pyrrole nitrogens is 1. The summed E-state index contributed by atoms with van der Waals surface area (Å²) in [6.07, 6.45) is 0.192. The average Bonchev–Trinajstić information content (AvgIpc) is 2.59. The molecular formula is C10H7N3O2. The molecule has 0 bridgehead atoms. The van der Waals surface area contributed by atoms with E-state index in [1.165, 1.54) is 12.1 Å². The Hall–Kier alpha value is -2.35. The first-order valence-electron chi connectivity index (χ1n) is 4.29. The lowest BCUT2D eigenvalue weighted by molar-refractivity contribution is 0.0697. The van der Waals surface area contributed by atoms with E-state index in [1.807, 2.05) is 6.07 Å². The van der Waals surface area contributed by atoms with E-state index < -0.39 is 5.97 Å². The number of aromatic carboxylic acids is 1. The Balaban J connectivity index is 2.53. The van der Waals surface area contributed by atoms with Crippen molar-refractivity contribution in [2.45, 2.75) is 6.42 Å². The molecule has 2 N–H and O–H groups in total. The minimum Gasteiger partial charge on any atom is -0.478 e. The highest BCUT2D eigenvalue weighted by atomic mass is 16.4. The zero-order chi connectivity index (χ0) is 10.8. The van der Waals surface area contributed by atoms with Crippen LogP contribution in [0.15, 0.2) is 18.2 Å². The van der Waals surface area contributed by atoms with Crippen molar-refractivity contribution in [2.75, 3.05) is 0 Å². The fourth-order valence-electron chi connectivity index (χ4n) is 1.35. The van der Waals surface area contributed by atoms with Gasteiger partial charge in [0.15, 0.2) is 0 Å². The van der Waals surface area contributed by atoms with Gasteiger partial charge < -0.3 is 10.1 Å². The van der Waals surface area contributed by atoms with Crippen molar-refractivity contribution in [3.63, 3.8) is 0 Å². The fraction of sp³-hybridized carbons (Fsp3) is 0.100. The van der Waals surface area contributed by atoms with Gasteiger partial charge in [-0.15, -0.1) is 0 Å². The Bertz CT molecular complexity index is 566. The highest BCUT2D eigenvalue weighted by molar-refractivity contribution is 5.92. The number of aromatic amines is 1. The van der Waals surface area contributed by atoms with E-state index in [1.54, 1.807) is 6.07 Å². The standard InChI is InChI=1S/C10H7N3O2/c11-4-3-9-12-7-2-1-6(10(14)15)5-8(7)13-9/h1-2,5H,3H2,(H,12,13)(H,14,15). The molecule has 0 saturated carbocycles. The maximum atomic E-state index is 10.7. The zero-order valence-corrected chi connectivity index (χ0v) is 7.69. The van der Waals surface area contributed by atoms with Crippen LogP contribution in [0.2, 0.25) is 0 Å². The number of imidazole rings is 1. The Morgan fingerprint density at radius 2 is 2.40 bits per heavy atom. The maximum absolute atomic E-state index is 10.7. The number of rotatable bonds is 2. The van der Waals surface area contributed by atoms with Crippen molar-refractivity contribution in [3.05, 3.63) is 29.6 Å². The van der Waals surface area contributed by atoms with Gasteiger partial charge in [0.05, 0.1) is 29.1 Å². The second-order valence-corrected chi connectivity index (χ2v) is 3.06. The van der Waals surface area contributed by atoms with Crippen LogP contribution < -0.4 is 0 Å². The molecule has 0 aliphatic rings. The molecule has 2 rings (SSSR count). The number of aromatic nitrogens is 2. The van der Waals surface area contributed by atoms with Gasteiger partial charge in [-0.2, -0.15) is 5.26 Å². The Kier molecular flexibility index (Phi) is 2.10. The minimum absolute atomic E-state index is 0.192. The lowest BCUT2D eigenvalue weighted by atomic mass is 10.2. The van der Waals surface area contributed by atoms with Crippen LogP contribution in [-0.2, 0) is 6.42 Å². The molecule has 0 radical (unpaired) electrons. The number of nitriles is 1. The van der Waals surface area contributed by atoms with Crippen LogP contribution >= 0.6 is 0 Å². The summed E-state index contributed by atoms with van der Waals surface area (Å²) >= 11 is 0. The van der Waals surface area contributed by atoms with Gasteiger partial charge >= 0.3 is 5.97 Å². The zero-order valence-electron chi connectivity index (χ0n) is 7.69. The topological polar surface area (TPSA) is 89.8 Å². The predicted molar refractivity (Wildman–Crippen MR) is 52.4 cm³/mol. The van der Waals surface area contributed by atoms with Crippen molar-refractivity contribution >= 4 is 17.0 Å². The number of carbonyl (C=O) groups is 1. The normalized spacial score (nSPS) is 10.1. The summed E-state index contributed by atoms with van der Waals surface area (Å²) in [5.41, 5.74) is 1.50. The second kappa shape index (κ2) is 3.42. The largest absolute Gasteiger partial charge is 0.478 e. The van der Waals surface area contributed by atoms with Crippen LogP contribution in [-0.4, -0.2) is 21.0 Å². The van der Waals surface area contributed by atoms with Gasteiger partial charge in [-0.05, 0) is 18.2 Å². The number of nitrogens with one attached hydrogen (secondary N) is 1. The number of hydrogen-bond acceptors (Lipinski definition) is 3. The molecule has 15 heavy (non-hydrogen) atoms. The highest BCUT2D eigenvalue weighted by Crippen LogP contribution is 2.13. The van der Waals surface area contributed by atoms with Crippen molar-refractivity contribution in [1.82, 2.24) is 9.97 Å². The van der Waals surface area contributed by atoms with Crippen LogP contribution in [0.3, 0.4) is 0 Å². The average molecular weight is 201 g/mol. The predicted octanol–water partition coefficient (Wildman–Crippen LogP) is 1.33. The van der Waals surface area contributed by atoms with E-state index in [4.69, 9.17) is 10.4 Å². The molecule has 0 atom stereocenters. The summed E-state index contributed by atoms with van der Waals surface area (Å²) in [5, 5.41) is 17.2. The van der Waals surface area contributed by atoms with Crippen molar-refractivity contribution in [1.29, 1.82) is 5.26 Å². The first-order valence-corrected chi connectivity index (χ1v) is 4.29. The fourth-order valence-corrected chi connectivity index (χ4v) is 1.35. The van der Waals surface area contributed by atoms with Crippen LogP contribution in [0.25, 0.3) is 11.0 Å². The summed E-state index contributed by atoms with van der Waals surface area (Å²) in [4.78, 5) is 17.7. The molecule has 1 heterocycles. The first kappa shape index (κ1) is 9.21. The number of fused-ring (bicyclic) bond motifs is 1. The molecule has 5 heteroatoms. The summed E-state index contributed by atoms with van der Waals surface area (Å²) in [7, 11) is 0. The molecule has 0 amide bonds. The van der Waals surface area contributed by atoms with E-state index in [-0.39, 0.29) is 12.0 Å². The van der Waals surface area contributed by atoms with Gasteiger partial charge in [0, 0.05) is 0 Å². The van der Waals surface area contributed by atoms with Gasteiger partial charge in [-0.25, -0.2) is 9.78 Å². The van der Waals surface area contributed by atoms with E-state index in [0.29, 0.717) is 11.3 Å². The summed E-state index contributed by atoms with van der Waals surface area (Å²) in [6.45, 7) is 0. The second-order valence-electron chi connectivity index (χ2n) is 3.06. The third-order valence-electron chi connectivity index (χ3n) is 2.03. The van der Waals surface area contributed by atoms with E-state index in [0.717, 1.165) is 5.52 Å². The van der Waals surface area contributed by atoms with E-state index in [2.05, 4.69) is 9.97 Å². The molecule has 0 aliphatic heterocycles. The van der Waals surface area contributed by atoms with E-state index in [9.17, 15) is 4.79 Å². The van der Waals surface area contributed by atoms with Gasteiger partial charge in [0.25, 0.3) is 0 Å². The molecule has 2 aromatic rings. The monoisotopic (exact) mass is 201 g/mol. The molecule has 5 nitrogen and oxygen atoms in total. The molecule has 0 fully saturated rings. The third-order valence-corrected chi connectivity index (χ3v) is 2.03. The summed E-state index contributed by atoms with van der Waals surface area (Å²) < 4.78 is 0. The number of hydrogen-bond donors (Lipinski definition) is 2. The smallest absolute Gasteiger partial charge is 0.335 e. The minimum atomic E-state index is -0.985. The molecule has 0 saturated heterocycles. The first-order chi connectivity index (χ1) is 7.20. The van der Waals surface area contributed by atoms with Crippen molar-refractivity contribution in [3.8, 4) is 6.07 Å².